The largest absolute Gasteiger partial charge is 0.372 e. The molecule has 108 valence electrons. The van der Waals surface area contributed by atoms with Gasteiger partial charge in [0.1, 0.15) is 6.61 Å². The Hall–Kier alpha value is -1.83. The molecule has 0 saturated carbocycles. The Morgan fingerprint density at radius 1 is 1.35 bits per heavy atom. The maximum atomic E-state index is 11.8. The molecular weight excluding hydrogens is 252 g/mol. The lowest BCUT2D eigenvalue weighted by atomic mass is 10.1. The minimum Gasteiger partial charge on any atom is -0.372 e. The van der Waals surface area contributed by atoms with Crippen molar-refractivity contribution in [3.63, 3.8) is 0 Å². The zero-order chi connectivity index (χ0) is 14.8. The van der Waals surface area contributed by atoms with Crippen LogP contribution in [-0.4, -0.2) is 37.6 Å². The first-order valence-electron chi connectivity index (χ1n) is 6.77. The molecule has 4 nitrogen and oxygen atoms in total. The van der Waals surface area contributed by atoms with Crippen LogP contribution in [-0.2, 0) is 16.1 Å². The molecule has 0 bridgehead atoms. The molecule has 1 aromatic carbocycles. The number of nitrogens with zero attached hydrogens (tertiary/aromatic N) is 1. The van der Waals surface area contributed by atoms with Crippen LogP contribution < -0.4 is 5.73 Å². The van der Waals surface area contributed by atoms with Crippen molar-refractivity contribution in [2.24, 2.45) is 5.73 Å². The topological polar surface area (TPSA) is 55.6 Å². The minimum absolute atomic E-state index is 0.00884. The summed E-state index contributed by atoms with van der Waals surface area (Å²) in [6.07, 6.45) is 0.919. The number of nitrogens with two attached hydrogens (primary N) is 1. The summed E-state index contributed by atoms with van der Waals surface area (Å²) in [6, 6.07) is 7.81. The van der Waals surface area contributed by atoms with Crippen LogP contribution in [0.4, 0.5) is 0 Å². The van der Waals surface area contributed by atoms with Gasteiger partial charge in [0.2, 0.25) is 5.91 Å². The van der Waals surface area contributed by atoms with E-state index in [0.717, 1.165) is 17.5 Å². The van der Waals surface area contributed by atoms with Gasteiger partial charge in [0.15, 0.2) is 0 Å². The summed E-state index contributed by atoms with van der Waals surface area (Å²) in [5.41, 5.74) is 7.32. The smallest absolute Gasteiger partial charge is 0.248 e. The van der Waals surface area contributed by atoms with Crippen molar-refractivity contribution in [2.45, 2.75) is 19.9 Å². The van der Waals surface area contributed by atoms with Gasteiger partial charge in [0, 0.05) is 25.8 Å². The maximum absolute atomic E-state index is 11.8. The molecule has 1 amide bonds. The molecular formula is C16H22N2O2. The number of rotatable bonds is 6. The highest BCUT2D eigenvalue weighted by molar-refractivity contribution is 5.77. The predicted octanol–water partition coefficient (Wildman–Crippen LogP) is 1.38. The number of ether oxygens (including phenoxy) is 1. The first-order valence-corrected chi connectivity index (χ1v) is 6.77. The molecule has 0 aliphatic heterocycles. The molecule has 0 atom stereocenters. The zero-order valence-electron chi connectivity index (χ0n) is 12.2. The van der Waals surface area contributed by atoms with Crippen LogP contribution >= 0.6 is 0 Å². The molecule has 0 aliphatic rings. The molecule has 0 spiro atoms. The van der Waals surface area contributed by atoms with E-state index in [1.165, 1.54) is 0 Å². The Morgan fingerprint density at radius 2 is 2.05 bits per heavy atom. The highest BCUT2D eigenvalue weighted by Gasteiger charge is 2.08. The van der Waals surface area contributed by atoms with Crippen molar-refractivity contribution in [3.05, 3.63) is 35.4 Å². The molecule has 0 radical (unpaired) electrons. The molecule has 0 unspecified atom stereocenters. The van der Waals surface area contributed by atoms with Crippen LogP contribution in [0.5, 0.6) is 0 Å². The number of amides is 1. The Bertz CT molecular complexity index is 471. The van der Waals surface area contributed by atoms with Crippen molar-refractivity contribution in [1.29, 1.82) is 0 Å². The molecule has 2 N–H and O–H groups in total. The SMILES string of the molecule is CCCOCC(=O)N(C)Cc1ccc(C#CCN)cc1. The van der Waals surface area contributed by atoms with Gasteiger partial charge in [-0.25, -0.2) is 0 Å². The van der Waals surface area contributed by atoms with Gasteiger partial charge in [-0.2, -0.15) is 0 Å². The zero-order valence-corrected chi connectivity index (χ0v) is 12.2. The molecule has 0 aromatic heterocycles. The molecule has 1 rings (SSSR count). The van der Waals surface area contributed by atoms with Crippen LogP contribution in [0.25, 0.3) is 0 Å². The third kappa shape index (κ3) is 5.87. The molecule has 1 aromatic rings. The highest BCUT2D eigenvalue weighted by atomic mass is 16.5. The first-order chi connectivity index (χ1) is 9.67. The lowest BCUT2D eigenvalue weighted by Gasteiger charge is -2.17. The van der Waals surface area contributed by atoms with E-state index in [1.54, 1.807) is 11.9 Å². The van der Waals surface area contributed by atoms with Gasteiger partial charge in [-0.05, 0) is 24.1 Å². The summed E-state index contributed by atoms with van der Waals surface area (Å²) in [4.78, 5) is 13.5. The average molecular weight is 274 g/mol. The van der Waals surface area contributed by atoms with E-state index in [4.69, 9.17) is 10.5 Å². The Balaban J connectivity index is 2.49. The highest BCUT2D eigenvalue weighted by Crippen LogP contribution is 2.06. The second kappa shape index (κ2) is 9.13. The van der Waals surface area contributed by atoms with E-state index in [9.17, 15) is 4.79 Å². The Morgan fingerprint density at radius 3 is 2.65 bits per heavy atom. The number of carbonyl (C=O) groups is 1. The lowest BCUT2D eigenvalue weighted by Crippen LogP contribution is -2.29. The van der Waals surface area contributed by atoms with Crippen LogP contribution in [0.1, 0.15) is 24.5 Å². The second-order valence-corrected chi connectivity index (χ2v) is 4.51. The normalized spacial score (nSPS) is 9.75. The fraction of sp³-hybridized carbons (Fsp3) is 0.438. The summed E-state index contributed by atoms with van der Waals surface area (Å²) in [7, 11) is 1.78. The molecule has 0 fully saturated rings. The van der Waals surface area contributed by atoms with Gasteiger partial charge in [-0.1, -0.05) is 30.9 Å². The lowest BCUT2D eigenvalue weighted by molar-refractivity contribution is -0.135. The summed E-state index contributed by atoms with van der Waals surface area (Å²) < 4.78 is 5.25. The standard InChI is InChI=1S/C16H22N2O2/c1-3-11-20-13-16(19)18(2)12-15-8-6-14(7-9-15)5-4-10-17/h6-9H,3,10-13,17H2,1-2H3. The van der Waals surface area contributed by atoms with E-state index in [1.807, 2.05) is 31.2 Å². The third-order valence-corrected chi connectivity index (χ3v) is 2.71. The van der Waals surface area contributed by atoms with E-state index in [-0.39, 0.29) is 12.5 Å². The monoisotopic (exact) mass is 274 g/mol. The van der Waals surface area contributed by atoms with Crippen molar-refractivity contribution < 1.29 is 9.53 Å². The molecule has 4 heteroatoms. The van der Waals surface area contributed by atoms with Crippen molar-refractivity contribution >= 4 is 5.91 Å². The van der Waals surface area contributed by atoms with Crippen molar-refractivity contribution in [2.75, 3.05) is 26.8 Å². The predicted molar refractivity (Wildman–Crippen MR) is 80.0 cm³/mol. The van der Waals surface area contributed by atoms with Crippen molar-refractivity contribution in [3.8, 4) is 11.8 Å². The fourth-order valence-electron chi connectivity index (χ4n) is 1.62. The molecule has 0 saturated heterocycles. The van der Waals surface area contributed by atoms with Crippen molar-refractivity contribution in [1.82, 2.24) is 4.90 Å². The molecule has 0 heterocycles. The second-order valence-electron chi connectivity index (χ2n) is 4.51. The van der Waals surface area contributed by atoms with Gasteiger partial charge in [0.05, 0.1) is 6.54 Å². The van der Waals surface area contributed by atoms with E-state index in [2.05, 4.69) is 11.8 Å². The van der Waals surface area contributed by atoms with E-state index >= 15 is 0 Å². The number of carbonyl (C=O) groups excluding carboxylic acids is 1. The number of benzene rings is 1. The summed E-state index contributed by atoms with van der Waals surface area (Å²) in [5, 5.41) is 0. The minimum atomic E-state index is -0.00884. The van der Waals surface area contributed by atoms with Gasteiger partial charge in [-0.3, -0.25) is 4.79 Å². The summed E-state index contributed by atoms with van der Waals surface area (Å²) in [6.45, 7) is 3.71. The average Bonchev–Trinajstić information content (AvgIpc) is 2.46. The summed E-state index contributed by atoms with van der Waals surface area (Å²) >= 11 is 0. The van der Waals surface area contributed by atoms with E-state index in [0.29, 0.717) is 19.7 Å². The quantitative estimate of drug-likeness (QED) is 0.630. The number of hydrogen-bond donors (Lipinski definition) is 1. The number of hydrogen-bond acceptors (Lipinski definition) is 3. The Kier molecular flexibility index (Phi) is 7.41. The van der Waals surface area contributed by atoms with Crippen LogP contribution in [0.3, 0.4) is 0 Å². The van der Waals surface area contributed by atoms with E-state index < -0.39 is 0 Å². The van der Waals surface area contributed by atoms with Gasteiger partial charge < -0.3 is 15.4 Å². The van der Waals surface area contributed by atoms with Crippen LogP contribution in [0.2, 0.25) is 0 Å². The first kappa shape index (κ1) is 16.2. The van der Waals surface area contributed by atoms with Gasteiger partial charge in [-0.15, -0.1) is 0 Å². The maximum Gasteiger partial charge on any atom is 0.248 e. The summed E-state index contributed by atoms with van der Waals surface area (Å²) in [5.74, 6) is 5.77. The molecule has 0 aliphatic carbocycles. The fourth-order valence-corrected chi connectivity index (χ4v) is 1.62. The third-order valence-electron chi connectivity index (χ3n) is 2.71. The van der Waals surface area contributed by atoms with Crippen LogP contribution in [0, 0.1) is 11.8 Å². The van der Waals surface area contributed by atoms with Crippen LogP contribution in [0.15, 0.2) is 24.3 Å². The number of likely N-dealkylation sites (N-methyl/N-ethyl adjacent to an activating group) is 1. The Labute approximate surface area is 120 Å². The van der Waals surface area contributed by atoms with Gasteiger partial charge >= 0.3 is 0 Å². The van der Waals surface area contributed by atoms with Gasteiger partial charge in [0.25, 0.3) is 0 Å². The molecule has 20 heavy (non-hydrogen) atoms.